The molecule has 0 radical (unpaired) electrons. The van der Waals surface area contributed by atoms with Gasteiger partial charge in [0.05, 0.1) is 0 Å². The SMILES string of the molecule is CCNC(=NCc1nc(C)no1)NCCCc1ccc(C(C)C)cc1.I. The second kappa shape index (κ2) is 11.9. The van der Waals surface area contributed by atoms with Crippen molar-refractivity contribution in [2.45, 2.75) is 53.0 Å². The highest BCUT2D eigenvalue weighted by Gasteiger charge is 2.03. The number of guanidine groups is 1. The summed E-state index contributed by atoms with van der Waals surface area (Å²) in [4.78, 5) is 8.63. The second-order valence-electron chi connectivity index (χ2n) is 6.36. The molecule has 2 rings (SSSR count). The van der Waals surface area contributed by atoms with Crippen LogP contribution in [0.15, 0.2) is 33.8 Å². The molecular weight excluding hydrogens is 441 g/mol. The molecule has 0 aliphatic rings. The van der Waals surface area contributed by atoms with Crippen LogP contribution in [0.3, 0.4) is 0 Å². The Balaban J connectivity index is 0.00000338. The predicted molar refractivity (Wildman–Crippen MR) is 116 cm³/mol. The van der Waals surface area contributed by atoms with Crippen molar-refractivity contribution in [2.75, 3.05) is 13.1 Å². The van der Waals surface area contributed by atoms with Crippen LogP contribution in [0.2, 0.25) is 0 Å². The number of aryl methyl sites for hydroxylation is 2. The first kappa shape index (κ1) is 22.4. The third-order valence-electron chi connectivity index (χ3n) is 3.87. The number of nitrogens with zero attached hydrogens (tertiary/aromatic N) is 3. The van der Waals surface area contributed by atoms with Crippen LogP contribution in [0.25, 0.3) is 0 Å². The fourth-order valence-electron chi connectivity index (χ4n) is 2.46. The Morgan fingerprint density at radius 3 is 2.50 bits per heavy atom. The maximum atomic E-state index is 5.08. The third-order valence-corrected chi connectivity index (χ3v) is 3.87. The first-order valence-corrected chi connectivity index (χ1v) is 8.98. The van der Waals surface area contributed by atoms with Crippen molar-refractivity contribution in [2.24, 2.45) is 4.99 Å². The monoisotopic (exact) mass is 471 g/mol. The molecule has 0 fully saturated rings. The molecule has 2 aromatic rings. The standard InChI is InChI=1S/C19H29N5O.HI/c1-5-20-19(22-13-18-23-15(4)24-25-18)21-12-6-7-16-8-10-17(11-9-16)14(2)3;/h8-11,14H,5-7,12-13H2,1-4H3,(H2,20,21,22);1H. The van der Waals surface area contributed by atoms with E-state index in [-0.39, 0.29) is 24.0 Å². The zero-order valence-electron chi connectivity index (χ0n) is 16.1. The van der Waals surface area contributed by atoms with Gasteiger partial charge in [-0.2, -0.15) is 4.98 Å². The molecule has 0 unspecified atom stereocenters. The van der Waals surface area contributed by atoms with Gasteiger partial charge in [0.1, 0.15) is 6.54 Å². The molecule has 0 atom stereocenters. The van der Waals surface area contributed by atoms with Crippen molar-refractivity contribution in [3.63, 3.8) is 0 Å². The van der Waals surface area contributed by atoms with Crippen molar-refractivity contribution in [1.82, 2.24) is 20.8 Å². The maximum absolute atomic E-state index is 5.08. The minimum atomic E-state index is 0. The van der Waals surface area contributed by atoms with Crippen LogP contribution in [-0.4, -0.2) is 29.2 Å². The zero-order chi connectivity index (χ0) is 18.1. The second-order valence-corrected chi connectivity index (χ2v) is 6.36. The zero-order valence-corrected chi connectivity index (χ0v) is 18.4. The summed E-state index contributed by atoms with van der Waals surface area (Å²) in [5.74, 6) is 2.51. The molecule has 6 nitrogen and oxygen atoms in total. The van der Waals surface area contributed by atoms with Gasteiger partial charge < -0.3 is 15.2 Å². The molecule has 26 heavy (non-hydrogen) atoms. The summed E-state index contributed by atoms with van der Waals surface area (Å²) in [6.07, 6.45) is 2.10. The van der Waals surface area contributed by atoms with Crippen molar-refractivity contribution in [3.8, 4) is 0 Å². The fraction of sp³-hybridized carbons (Fsp3) is 0.526. The van der Waals surface area contributed by atoms with Crippen LogP contribution >= 0.6 is 24.0 Å². The van der Waals surface area contributed by atoms with E-state index in [0.717, 1.165) is 31.9 Å². The van der Waals surface area contributed by atoms with E-state index < -0.39 is 0 Å². The van der Waals surface area contributed by atoms with E-state index in [1.165, 1.54) is 11.1 Å². The largest absolute Gasteiger partial charge is 0.357 e. The van der Waals surface area contributed by atoms with E-state index in [1.807, 2.05) is 6.92 Å². The first-order valence-electron chi connectivity index (χ1n) is 8.98. The third kappa shape index (κ3) is 7.72. The van der Waals surface area contributed by atoms with Crippen molar-refractivity contribution >= 4 is 29.9 Å². The molecule has 0 saturated heterocycles. The van der Waals surface area contributed by atoms with Crippen LogP contribution < -0.4 is 10.6 Å². The molecule has 0 amide bonds. The average Bonchev–Trinajstić information content (AvgIpc) is 3.02. The molecule has 144 valence electrons. The summed E-state index contributed by atoms with van der Waals surface area (Å²) >= 11 is 0. The highest BCUT2D eigenvalue weighted by molar-refractivity contribution is 14.0. The molecule has 7 heteroatoms. The van der Waals surface area contributed by atoms with E-state index in [4.69, 9.17) is 4.52 Å². The summed E-state index contributed by atoms with van der Waals surface area (Å²) in [6, 6.07) is 8.91. The number of aromatic nitrogens is 2. The van der Waals surface area contributed by atoms with Gasteiger partial charge in [-0.3, -0.25) is 0 Å². The highest BCUT2D eigenvalue weighted by Crippen LogP contribution is 2.15. The number of nitrogens with one attached hydrogen (secondary N) is 2. The van der Waals surface area contributed by atoms with Gasteiger partial charge in [-0.05, 0) is 43.7 Å². The lowest BCUT2D eigenvalue weighted by Gasteiger charge is -2.11. The quantitative estimate of drug-likeness (QED) is 0.265. The molecule has 0 aliphatic heterocycles. The lowest BCUT2D eigenvalue weighted by Crippen LogP contribution is -2.37. The molecule has 0 saturated carbocycles. The van der Waals surface area contributed by atoms with Gasteiger partial charge >= 0.3 is 0 Å². The number of halogens is 1. The van der Waals surface area contributed by atoms with E-state index in [9.17, 15) is 0 Å². The van der Waals surface area contributed by atoms with Crippen LogP contribution in [0.5, 0.6) is 0 Å². The smallest absolute Gasteiger partial charge is 0.248 e. The summed E-state index contributed by atoms with van der Waals surface area (Å²) in [5.41, 5.74) is 2.76. The maximum Gasteiger partial charge on any atom is 0.248 e. The number of benzene rings is 1. The molecular formula is C19H30IN5O. The normalized spacial score (nSPS) is 11.3. The van der Waals surface area contributed by atoms with Gasteiger partial charge in [0.2, 0.25) is 5.89 Å². The summed E-state index contributed by atoms with van der Waals surface area (Å²) in [5, 5.41) is 10.3. The molecule has 1 aromatic carbocycles. The topological polar surface area (TPSA) is 75.3 Å². The van der Waals surface area contributed by atoms with Crippen molar-refractivity contribution < 1.29 is 4.52 Å². The number of hydrogen-bond acceptors (Lipinski definition) is 4. The van der Waals surface area contributed by atoms with E-state index in [1.54, 1.807) is 6.92 Å². The minimum Gasteiger partial charge on any atom is -0.357 e. The molecule has 1 heterocycles. The van der Waals surface area contributed by atoms with Gasteiger partial charge in [-0.15, -0.1) is 24.0 Å². The van der Waals surface area contributed by atoms with Gasteiger partial charge in [0.15, 0.2) is 11.8 Å². The number of aliphatic imine (C=N–C) groups is 1. The van der Waals surface area contributed by atoms with Crippen LogP contribution in [-0.2, 0) is 13.0 Å². The summed E-state index contributed by atoms with van der Waals surface area (Å²) < 4.78 is 5.08. The van der Waals surface area contributed by atoms with Crippen LogP contribution in [0.1, 0.15) is 56.0 Å². The number of hydrogen-bond donors (Lipinski definition) is 2. The Labute approximate surface area is 173 Å². The predicted octanol–water partition coefficient (Wildman–Crippen LogP) is 3.81. The molecule has 0 aliphatic carbocycles. The Kier molecular flexibility index (Phi) is 10.2. The average molecular weight is 471 g/mol. The van der Waals surface area contributed by atoms with E-state index >= 15 is 0 Å². The van der Waals surface area contributed by atoms with Crippen LogP contribution in [0, 0.1) is 6.92 Å². The Hall–Kier alpha value is -1.64. The fourth-order valence-corrected chi connectivity index (χ4v) is 2.46. The van der Waals surface area contributed by atoms with Crippen LogP contribution in [0.4, 0.5) is 0 Å². The molecule has 0 spiro atoms. The lowest BCUT2D eigenvalue weighted by molar-refractivity contribution is 0.376. The van der Waals surface area contributed by atoms with Crippen molar-refractivity contribution in [1.29, 1.82) is 0 Å². The Morgan fingerprint density at radius 2 is 1.92 bits per heavy atom. The Morgan fingerprint density at radius 1 is 1.19 bits per heavy atom. The lowest BCUT2D eigenvalue weighted by atomic mass is 10.0. The molecule has 2 N–H and O–H groups in total. The van der Waals surface area contributed by atoms with Gasteiger partial charge in [0, 0.05) is 13.1 Å². The van der Waals surface area contributed by atoms with Gasteiger partial charge in [-0.25, -0.2) is 4.99 Å². The first-order chi connectivity index (χ1) is 12.1. The summed E-state index contributed by atoms with van der Waals surface area (Å²) in [7, 11) is 0. The molecule has 0 bridgehead atoms. The van der Waals surface area contributed by atoms with Gasteiger partial charge in [-0.1, -0.05) is 43.3 Å². The number of rotatable bonds is 8. The summed E-state index contributed by atoms with van der Waals surface area (Å²) in [6.45, 7) is 10.3. The van der Waals surface area contributed by atoms with Crippen molar-refractivity contribution in [3.05, 3.63) is 47.1 Å². The minimum absolute atomic E-state index is 0. The Bertz CT molecular complexity index is 667. The highest BCUT2D eigenvalue weighted by atomic mass is 127. The molecule has 1 aromatic heterocycles. The van der Waals surface area contributed by atoms with E-state index in [0.29, 0.717) is 24.2 Å². The van der Waals surface area contributed by atoms with E-state index in [2.05, 4.69) is 63.9 Å². The van der Waals surface area contributed by atoms with Gasteiger partial charge in [0.25, 0.3) is 0 Å².